The molecule has 0 amide bonds. The van der Waals surface area contributed by atoms with Gasteiger partial charge < -0.3 is 9.47 Å². The van der Waals surface area contributed by atoms with Crippen LogP contribution in [0.1, 0.15) is 38.8 Å². The molecule has 0 saturated heterocycles. The van der Waals surface area contributed by atoms with Crippen LogP contribution in [0.4, 0.5) is 0 Å². The van der Waals surface area contributed by atoms with E-state index >= 15 is 0 Å². The zero-order valence-electron chi connectivity index (χ0n) is 10.8. The summed E-state index contributed by atoms with van der Waals surface area (Å²) in [5, 5.41) is 0. The maximum absolute atomic E-state index is 11.7. The van der Waals surface area contributed by atoms with Crippen LogP contribution in [-0.4, -0.2) is 23.9 Å². The number of allylic oxidation sites excluding steroid dienone is 1. The van der Waals surface area contributed by atoms with Gasteiger partial charge in [-0.3, -0.25) is 0 Å². The molecule has 6 heteroatoms. The van der Waals surface area contributed by atoms with Crippen molar-refractivity contribution in [1.29, 1.82) is 0 Å². The van der Waals surface area contributed by atoms with Crippen molar-refractivity contribution in [2.45, 2.75) is 6.92 Å². The van der Waals surface area contributed by atoms with E-state index in [1.807, 2.05) is 0 Å². The second-order valence-electron chi connectivity index (χ2n) is 4.43. The molecule has 0 fully saturated rings. The molecule has 6 nitrogen and oxygen atoms in total. The number of cyclic esters (lactones) is 4. The van der Waals surface area contributed by atoms with Gasteiger partial charge in [-0.2, -0.15) is 0 Å². The number of benzene rings is 1. The number of hydrogen-bond acceptors (Lipinski definition) is 6. The maximum atomic E-state index is 11.7. The lowest BCUT2D eigenvalue weighted by Gasteiger charge is -2.06. The average Bonchev–Trinajstić information content (AvgIpc) is 2.90. The van der Waals surface area contributed by atoms with Crippen molar-refractivity contribution in [3.05, 3.63) is 46.5 Å². The highest BCUT2D eigenvalue weighted by Gasteiger charge is 2.33. The van der Waals surface area contributed by atoms with Crippen molar-refractivity contribution in [2.75, 3.05) is 0 Å². The molecule has 0 unspecified atom stereocenters. The number of hydrogen-bond donors (Lipinski definition) is 0. The normalized spacial score (nSPS) is 17.1. The van der Waals surface area contributed by atoms with Gasteiger partial charge >= 0.3 is 23.9 Å². The van der Waals surface area contributed by atoms with E-state index < -0.39 is 23.9 Å². The Balaban J connectivity index is 2.25. The van der Waals surface area contributed by atoms with Crippen molar-refractivity contribution in [3.63, 3.8) is 0 Å². The SMILES string of the molecule is C/C=C\c1cc2c(cc1C1=CC(=O)OC1=O)C(=O)OC2=O. The van der Waals surface area contributed by atoms with Crippen LogP contribution in [0, 0.1) is 0 Å². The summed E-state index contributed by atoms with van der Waals surface area (Å²) in [4.78, 5) is 46.0. The fourth-order valence-corrected chi connectivity index (χ4v) is 2.24. The summed E-state index contributed by atoms with van der Waals surface area (Å²) in [7, 11) is 0. The fraction of sp³-hybridized carbons (Fsp3) is 0.0667. The topological polar surface area (TPSA) is 86.7 Å². The predicted octanol–water partition coefficient (Wildman–Crippen LogP) is 1.50. The van der Waals surface area contributed by atoms with E-state index in [0.29, 0.717) is 11.1 Å². The van der Waals surface area contributed by atoms with Crippen LogP contribution in [0.25, 0.3) is 11.6 Å². The molecule has 1 aromatic carbocycles. The first-order valence-electron chi connectivity index (χ1n) is 6.06. The lowest BCUT2D eigenvalue weighted by Crippen LogP contribution is -2.04. The number of carbonyl (C=O) groups is 4. The highest BCUT2D eigenvalue weighted by molar-refractivity contribution is 6.29. The third-order valence-corrected chi connectivity index (χ3v) is 3.13. The van der Waals surface area contributed by atoms with E-state index in [2.05, 4.69) is 9.47 Å². The van der Waals surface area contributed by atoms with E-state index in [1.165, 1.54) is 12.1 Å². The van der Waals surface area contributed by atoms with E-state index in [4.69, 9.17) is 0 Å². The van der Waals surface area contributed by atoms with Gasteiger partial charge in [0.05, 0.1) is 16.7 Å². The Morgan fingerprint density at radius 2 is 1.52 bits per heavy atom. The number of rotatable bonds is 2. The molecule has 0 spiro atoms. The van der Waals surface area contributed by atoms with Gasteiger partial charge in [0, 0.05) is 6.08 Å². The van der Waals surface area contributed by atoms with Crippen LogP contribution in [0.2, 0.25) is 0 Å². The Bertz CT molecular complexity index is 782. The number of ether oxygens (including phenoxy) is 2. The fourth-order valence-electron chi connectivity index (χ4n) is 2.24. The molecular weight excluding hydrogens is 276 g/mol. The summed E-state index contributed by atoms with van der Waals surface area (Å²) < 4.78 is 8.98. The predicted molar refractivity (Wildman–Crippen MR) is 70.0 cm³/mol. The lowest BCUT2D eigenvalue weighted by molar-refractivity contribution is -0.149. The molecule has 0 N–H and O–H groups in total. The molecule has 2 heterocycles. The summed E-state index contributed by atoms with van der Waals surface area (Å²) in [5.74, 6) is -3.06. The van der Waals surface area contributed by atoms with Crippen molar-refractivity contribution >= 4 is 35.5 Å². The molecule has 21 heavy (non-hydrogen) atoms. The van der Waals surface area contributed by atoms with Crippen LogP contribution in [0.3, 0.4) is 0 Å². The first kappa shape index (κ1) is 13.0. The number of carbonyl (C=O) groups excluding carboxylic acids is 4. The summed E-state index contributed by atoms with van der Waals surface area (Å²) in [6.07, 6.45) is 4.41. The Labute approximate surface area is 118 Å². The monoisotopic (exact) mass is 284 g/mol. The number of fused-ring (bicyclic) bond motifs is 1. The molecule has 2 aliphatic heterocycles. The molecule has 0 bridgehead atoms. The second kappa shape index (κ2) is 4.52. The minimum Gasteiger partial charge on any atom is -0.386 e. The van der Waals surface area contributed by atoms with Gasteiger partial charge in [-0.15, -0.1) is 0 Å². The summed E-state index contributed by atoms with van der Waals surface area (Å²) in [6.45, 7) is 1.76. The molecule has 3 rings (SSSR count). The van der Waals surface area contributed by atoms with Crippen LogP contribution in [0.15, 0.2) is 24.3 Å². The molecule has 0 radical (unpaired) electrons. The Morgan fingerprint density at radius 3 is 2.10 bits per heavy atom. The third-order valence-electron chi connectivity index (χ3n) is 3.13. The first-order chi connectivity index (χ1) is 10.0. The molecule has 2 aliphatic rings. The van der Waals surface area contributed by atoms with Gasteiger partial charge in [0.25, 0.3) is 0 Å². The Morgan fingerprint density at radius 1 is 0.857 bits per heavy atom. The molecule has 0 atom stereocenters. The van der Waals surface area contributed by atoms with Crippen LogP contribution in [-0.2, 0) is 19.1 Å². The zero-order chi connectivity index (χ0) is 15.1. The molecule has 0 saturated carbocycles. The average molecular weight is 284 g/mol. The van der Waals surface area contributed by atoms with E-state index in [9.17, 15) is 19.2 Å². The van der Waals surface area contributed by atoms with Crippen LogP contribution < -0.4 is 0 Å². The van der Waals surface area contributed by atoms with Crippen LogP contribution >= 0.6 is 0 Å². The van der Waals surface area contributed by atoms with Crippen molar-refractivity contribution < 1.29 is 28.7 Å². The second-order valence-corrected chi connectivity index (χ2v) is 4.43. The maximum Gasteiger partial charge on any atom is 0.346 e. The van der Waals surface area contributed by atoms with Gasteiger partial charge in [-0.1, -0.05) is 12.2 Å². The standard InChI is InChI=1S/C15H8O6/c1-2-3-7-4-9-10(15(19)21-14(9)18)5-8(7)11-6-12(16)20-13(11)17/h2-6H,1H3/b3-2-. The molecular formula is C15H8O6. The minimum atomic E-state index is -0.789. The Kier molecular flexibility index (Phi) is 2.79. The molecule has 104 valence electrons. The van der Waals surface area contributed by atoms with Crippen LogP contribution in [0.5, 0.6) is 0 Å². The molecule has 1 aromatic rings. The highest BCUT2D eigenvalue weighted by Crippen LogP contribution is 2.31. The van der Waals surface area contributed by atoms with Gasteiger partial charge in [0.15, 0.2) is 0 Å². The minimum absolute atomic E-state index is 0.0445. The summed E-state index contributed by atoms with van der Waals surface area (Å²) in [5.41, 5.74) is 1.10. The smallest absolute Gasteiger partial charge is 0.346 e. The van der Waals surface area contributed by atoms with Crippen molar-refractivity contribution in [3.8, 4) is 0 Å². The first-order valence-corrected chi connectivity index (χ1v) is 6.06. The van der Waals surface area contributed by atoms with E-state index in [0.717, 1.165) is 6.08 Å². The van der Waals surface area contributed by atoms with Gasteiger partial charge in [0.1, 0.15) is 0 Å². The lowest BCUT2D eigenvalue weighted by atomic mass is 9.94. The third kappa shape index (κ3) is 1.97. The largest absolute Gasteiger partial charge is 0.386 e. The van der Waals surface area contributed by atoms with Gasteiger partial charge in [-0.05, 0) is 30.2 Å². The highest BCUT2D eigenvalue weighted by atomic mass is 16.6. The number of esters is 4. The van der Waals surface area contributed by atoms with E-state index in [1.54, 1.807) is 19.1 Å². The zero-order valence-corrected chi connectivity index (χ0v) is 10.8. The molecule has 0 aromatic heterocycles. The quantitative estimate of drug-likeness (QED) is 0.604. The van der Waals surface area contributed by atoms with Gasteiger partial charge in [-0.25, -0.2) is 19.2 Å². The van der Waals surface area contributed by atoms with Crippen molar-refractivity contribution in [2.24, 2.45) is 0 Å². The van der Waals surface area contributed by atoms with Gasteiger partial charge in [0.2, 0.25) is 0 Å². The Hall–Kier alpha value is -3.02. The molecule has 0 aliphatic carbocycles. The summed E-state index contributed by atoms with van der Waals surface area (Å²) in [6, 6.07) is 2.82. The van der Waals surface area contributed by atoms with E-state index in [-0.39, 0.29) is 16.7 Å². The summed E-state index contributed by atoms with van der Waals surface area (Å²) >= 11 is 0. The van der Waals surface area contributed by atoms with Crippen molar-refractivity contribution in [1.82, 2.24) is 0 Å².